The molecule has 4 heterocycles. The summed E-state index contributed by atoms with van der Waals surface area (Å²) in [4.78, 5) is 103. The van der Waals surface area contributed by atoms with Crippen LogP contribution in [0.25, 0.3) is 0 Å². The molecule has 19 heteroatoms. The van der Waals surface area contributed by atoms with Crippen molar-refractivity contribution < 1.29 is 61.5 Å². The molecular weight excluding hydrogens is 1100 g/mol. The number of hydrogen-bond donors (Lipinski definition) is 0. The van der Waals surface area contributed by atoms with Gasteiger partial charge in [-0.3, -0.25) is 38.4 Å². The first-order chi connectivity index (χ1) is 40.3. The van der Waals surface area contributed by atoms with Crippen LogP contribution in [0.4, 0.5) is 22.7 Å². The first-order valence-corrected chi connectivity index (χ1v) is 27.1. The topological polar surface area (TPSA) is 204 Å². The van der Waals surface area contributed by atoms with Gasteiger partial charge in [0.15, 0.2) is 0 Å². The van der Waals surface area contributed by atoms with Crippen LogP contribution < -0.4 is 38.5 Å². The number of anilines is 4. The van der Waals surface area contributed by atoms with Crippen molar-refractivity contribution in [2.45, 2.75) is 19.6 Å². The van der Waals surface area contributed by atoms with Gasteiger partial charge in [-0.05, 0) is 170 Å². The van der Waals surface area contributed by atoms with E-state index < -0.39 is 34.4 Å². The zero-order valence-electron chi connectivity index (χ0n) is 43.0. The number of rotatable bonds is 16. The van der Waals surface area contributed by atoms with E-state index in [0.717, 1.165) is 29.4 Å². The van der Waals surface area contributed by atoms with Gasteiger partial charge in [0.25, 0.3) is 47.3 Å². The fourth-order valence-electron chi connectivity index (χ4n) is 8.55. The Hall–Kier alpha value is -11.0. The Labute approximate surface area is 479 Å². The molecule has 0 saturated heterocycles. The highest BCUT2D eigenvalue weighted by atomic mass is 32.2. The van der Waals surface area contributed by atoms with E-state index in [-0.39, 0.29) is 23.6 Å². The Morgan fingerprint density at radius 3 is 0.795 bits per heavy atom. The summed E-state index contributed by atoms with van der Waals surface area (Å²) < 4.78 is 36.8. The molecule has 12 rings (SSSR count). The molecule has 406 valence electrons. The van der Waals surface area contributed by atoms with Crippen LogP contribution in [-0.4, -0.2) is 51.5 Å². The first-order valence-electron chi connectivity index (χ1n) is 25.1. The lowest BCUT2D eigenvalue weighted by Crippen LogP contribution is -2.29. The lowest BCUT2D eigenvalue weighted by Gasteiger charge is -2.15. The van der Waals surface area contributed by atoms with Crippen molar-refractivity contribution in [1.29, 1.82) is 0 Å². The summed E-state index contributed by atoms with van der Waals surface area (Å²) in [5.74, 6) is 1.23. The minimum absolute atomic E-state index is 0.362. The molecule has 0 aromatic heterocycles. The number of carbonyl (C=O) groups is 8. The number of hydrogen-bond acceptors (Lipinski definition) is 14. The van der Waals surface area contributed by atoms with Gasteiger partial charge in [0.1, 0.15) is 46.0 Å². The first kappa shape index (κ1) is 54.0. The van der Waals surface area contributed by atoms with Gasteiger partial charge < -0.3 is 18.9 Å². The molecule has 8 aromatic rings. The molecule has 0 aliphatic carbocycles. The minimum atomic E-state index is -1.47. The van der Waals surface area contributed by atoms with Crippen molar-refractivity contribution in [1.82, 2.24) is 0 Å². The molecule has 8 aromatic carbocycles. The molecule has 0 spiro atoms. The Morgan fingerprint density at radius 1 is 0.265 bits per heavy atom. The maximum Gasteiger partial charge on any atom is 0.258 e. The molecule has 0 bridgehead atoms. The van der Waals surface area contributed by atoms with Crippen molar-refractivity contribution in [2.24, 2.45) is 0 Å². The molecule has 83 heavy (non-hydrogen) atoms. The van der Waals surface area contributed by atoms with Crippen LogP contribution in [-0.2, 0) is 49.2 Å². The molecule has 17 nitrogen and oxygen atoms in total. The highest BCUT2D eigenvalue weighted by Gasteiger charge is 2.28. The zero-order valence-corrected chi connectivity index (χ0v) is 44.6. The Balaban J connectivity index is 0.000000174. The number of imide groups is 4. The maximum absolute atomic E-state index is 13.2. The summed E-state index contributed by atoms with van der Waals surface area (Å²) >= 11 is 1.59. The Morgan fingerprint density at radius 2 is 0.506 bits per heavy atom. The molecule has 0 fully saturated rings. The van der Waals surface area contributed by atoms with Crippen LogP contribution in [0.2, 0.25) is 0 Å². The minimum Gasteiger partial charge on any atom is -0.457 e. The van der Waals surface area contributed by atoms with Gasteiger partial charge in [-0.1, -0.05) is 23.9 Å². The standard InChI is InChI=1S/C32H20N2O7S.C32H20N2O6S/c35-29-15-16-30(36)33(29)21-3-1-5-25(19-21)40-23-7-11-27(12-8-23)42(39)28-13-9-24(10-14-28)41-26-6-2-4-22(20-26)34-31(37)17-18-32(34)38;35-29-17-18-30(36)33(29)21-1-5-23(6-2-21)39-25-9-13-27(14-10-25)41-28-15-11-26(12-16-28)40-24-7-3-22(4-8-24)34-31(37)19-20-32(34)38/h1-20H;1-20H. The quantitative estimate of drug-likeness (QED) is 0.0826. The largest absolute Gasteiger partial charge is 0.457 e. The smallest absolute Gasteiger partial charge is 0.258 e. The van der Waals surface area contributed by atoms with Gasteiger partial charge in [-0.15, -0.1) is 0 Å². The van der Waals surface area contributed by atoms with Crippen LogP contribution in [0, 0.1) is 0 Å². The molecule has 0 N–H and O–H groups in total. The molecule has 0 atom stereocenters. The van der Waals surface area contributed by atoms with Gasteiger partial charge in [0.2, 0.25) is 0 Å². The van der Waals surface area contributed by atoms with Gasteiger partial charge in [-0.2, -0.15) is 0 Å². The predicted octanol–water partition coefficient (Wildman–Crippen LogP) is 11.6. The summed E-state index contributed by atoms with van der Waals surface area (Å²) in [7, 11) is -1.47. The van der Waals surface area contributed by atoms with E-state index in [9.17, 15) is 42.6 Å². The number of ether oxygens (including phenoxy) is 4. The van der Waals surface area contributed by atoms with Gasteiger partial charge in [0, 0.05) is 80.3 Å². The monoisotopic (exact) mass is 1140 g/mol. The predicted molar refractivity (Wildman–Crippen MR) is 307 cm³/mol. The second kappa shape index (κ2) is 23.7. The van der Waals surface area contributed by atoms with Crippen LogP contribution in [0.3, 0.4) is 0 Å². The van der Waals surface area contributed by atoms with Crippen molar-refractivity contribution in [3.05, 3.63) is 243 Å². The van der Waals surface area contributed by atoms with Crippen molar-refractivity contribution in [2.75, 3.05) is 19.6 Å². The summed E-state index contributed by atoms with van der Waals surface area (Å²) in [5.41, 5.74) is 1.78. The number of nitrogens with zero attached hydrogens (tertiary/aromatic N) is 4. The van der Waals surface area contributed by atoms with Crippen LogP contribution in [0.15, 0.2) is 262 Å². The molecular formula is C64H40N4O13S2. The second-order valence-electron chi connectivity index (χ2n) is 18.0. The number of benzene rings is 8. The van der Waals surface area contributed by atoms with E-state index >= 15 is 0 Å². The zero-order chi connectivity index (χ0) is 57.6. The van der Waals surface area contributed by atoms with E-state index in [0.29, 0.717) is 78.5 Å². The molecule has 8 amide bonds. The third kappa shape index (κ3) is 12.4. The second-order valence-corrected chi connectivity index (χ2v) is 20.7. The molecule has 4 aliphatic heterocycles. The maximum atomic E-state index is 13.2. The fourth-order valence-corrected chi connectivity index (χ4v) is 10.4. The lowest BCUT2D eigenvalue weighted by atomic mass is 10.2. The third-order valence-electron chi connectivity index (χ3n) is 12.5. The van der Waals surface area contributed by atoms with Gasteiger partial charge >= 0.3 is 0 Å². The molecule has 4 aliphatic rings. The average Bonchev–Trinajstić information content (AvgIpc) is 4.37. The van der Waals surface area contributed by atoms with Crippen molar-refractivity contribution in [3.63, 3.8) is 0 Å². The molecule has 0 radical (unpaired) electrons. The highest BCUT2D eigenvalue weighted by Crippen LogP contribution is 2.35. The van der Waals surface area contributed by atoms with Gasteiger partial charge in [0.05, 0.1) is 33.5 Å². The number of carbonyl (C=O) groups excluding carboxylic acids is 8. The number of amides is 8. The Kier molecular flexibility index (Phi) is 15.4. The highest BCUT2D eigenvalue weighted by molar-refractivity contribution is 7.99. The van der Waals surface area contributed by atoms with Crippen LogP contribution in [0.5, 0.6) is 46.0 Å². The normalized spacial score (nSPS) is 14.4. The summed E-state index contributed by atoms with van der Waals surface area (Å²) in [5, 5.41) is 0. The van der Waals surface area contributed by atoms with E-state index in [1.165, 1.54) is 48.6 Å². The van der Waals surface area contributed by atoms with Crippen molar-refractivity contribution in [3.8, 4) is 46.0 Å². The molecule has 0 saturated carbocycles. The van der Waals surface area contributed by atoms with Crippen LogP contribution in [0.1, 0.15) is 0 Å². The summed E-state index contributed by atoms with van der Waals surface area (Å²) in [6, 6.07) is 55.6. The average molecular weight is 1140 g/mol. The fraction of sp³-hybridized carbons (Fsp3) is 0. The SMILES string of the molecule is O=C1C=CC(=O)N1c1ccc(Oc2ccc(Sc3ccc(Oc4ccc(N5C(=O)C=CC5=O)cc4)cc3)cc2)cc1.O=C1C=CC(=O)N1c1cccc(Oc2ccc(S(=O)c3ccc(Oc4cccc(N5C(=O)C=CC5=O)c4)cc3)cc2)c1. The molecule has 0 unspecified atom stereocenters. The van der Waals surface area contributed by atoms with E-state index in [4.69, 9.17) is 18.9 Å². The third-order valence-corrected chi connectivity index (χ3v) is 14.9. The van der Waals surface area contributed by atoms with E-state index in [1.807, 2.05) is 48.5 Å². The summed E-state index contributed by atoms with van der Waals surface area (Å²) in [6.07, 6.45) is 9.87. The van der Waals surface area contributed by atoms with Crippen molar-refractivity contribution >= 4 is 92.6 Å². The van der Waals surface area contributed by atoms with Crippen LogP contribution >= 0.6 is 11.8 Å². The van der Waals surface area contributed by atoms with E-state index in [2.05, 4.69) is 0 Å². The lowest BCUT2D eigenvalue weighted by molar-refractivity contribution is -0.121. The Bertz CT molecular complexity index is 3730. The van der Waals surface area contributed by atoms with Gasteiger partial charge in [-0.25, -0.2) is 23.8 Å². The van der Waals surface area contributed by atoms with E-state index in [1.54, 1.807) is 157 Å². The summed E-state index contributed by atoms with van der Waals surface area (Å²) in [6.45, 7) is 0.